The smallest absolute Gasteiger partial charge is 0.278 e. The van der Waals surface area contributed by atoms with Gasteiger partial charge >= 0.3 is 0 Å². The van der Waals surface area contributed by atoms with Crippen molar-refractivity contribution in [3.8, 4) is 0 Å². The molecular formula is C19H26N6O3. The molecule has 1 N–H and O–H groups in total. The van der Waals surface area contributed by atoms with E-state index in [9.17, 15) is 9.90 Å². The Bertz CT molecular complexity index is 884. The molecule has 4 heterocycles. The van der Waals surface area contributed by atoms with Crippen LogP contribution >= 0.6 is 0 Å². The van der Waals surface area contributed by atoms with Gasteiger partial charge in [0.1, 0.15) is 11.5 Å². The maximum Gasteiger partial charge on any atom is 0.278 e. The van der Waals surface area contributed by atoms with E-state index >= 15 is 0 Å². The molecule has 0 saturated carbocycles. The Labute approximate surface area is 163 Å². The highest BCUT2D eigenvalue weighted by Gasteiger charge is 2.47. The summed E-state index contributed by atoms with van der Waals surface area (Å²) < 4.78 is 4.69. The third kappa shape index (κ3) is 3.23. The number of hydrogen-bond donors (Lipinski definition) is 1. The van der Waals surface area contributed by atoms with Crippen LogP contribution in [0.4, 0.5) is 5.82 Å². The molecule has 0 unspecified atom stereocenters. The Kier molecular flexibility index (Phi) is 4.78. The summed E-state index contributed by atoms with van der Waals surface area (Å²) in [5, 5.41) is 18.4. The van der Waals surface area contributed by atoms with Crippen molar-refractivity contribution < 1.29 is 14.5 Å². The van der Waals surface area contributed by atoms with Crippen LogP contribution in [-0.4, -0.2) is 68.5 Å². The summed E-state index contributed by atoms with van der Waals surface area (Å²) in [6.07, 6.45) is 3.67. The monoisotopic (exact) mass is 386 g/mol. The van der Waals surface area contributed by atoms with Crippen molar-refractivity contribution in [2.45, 2.75) is 46.1 Å². The minimum atomic E-state index is -0.463. The maximum absolute atomic E-state index is 12.9. The number of aliphatic hydroxyl groups excluding tert-OH is 1. The van der Waals surface area contributed by atoms with Gasteiger partial charge in [0.25, 0.3) is 5.91 Å². The number of aliphatic hydroxyl groups is 1. The summed E-state index contributed by atoms with van der Waals surface area (Å²) in [5.74, 6) is 0.641. The highest BCUT2D eigenvalue weighted by molar-refractivity contribution is 5.93. The molecule has 2 aromatic rings. The van der Waals surface area contributed by atoms with E-state index in [-0.39, 0.29) is 11.6 Å². The van der Waals surface area contributed by atoms with Gasteiger partial charge in [-0.25, -0.2) is 9.61 Å². The highest BCUT2D eigenvalue weighted by atomic mass is 16.6. The quantitative estimate of drug-likeness (QED) is 0.822. The Morgan fingerprint density at radius 2 is 2.00 bits per heavy atom. The molecule has 1 spiro atoms. The molecule has 9 heteroatoms. The van der Waals surface area contributed by atoms with Crippen molar-refractivity contribution >= 4 is 11.7 Å². The number of likely N-dealkylation sites (tertiary alicyclic amines) is 1. The van der Waals surface area contributed by atoms with Crippen LogP contribution in [0.5, 0.6) is 0 Å². The molecule has 9 nitrogen and oxygen atoms in total. The third-order valence-corrected chi connectivity index (χ3v) is 6.14. The first-order valence-corrected chi connectivity index (χ1v) is 9.71. The number of aryl methyl sites for hydroxylation is 3. The van der Waals surface area contributed by atoms with E-state index in [2.05, 4.69) is 25.2 Å². The van der Waals surface area contributed by atoms with E-state index in [1.807, 2.05) is 13.8 Å². The number of carbonyl (C=O) groups is 1. The van der Waals surface area contributed by atoms with Gasteiger partial charge in [-0.05, 0) is 45.2 Å². The van der Waals surface area contributed by atoms with Crippen LogP contribution in [0.1, 0.15) is 46.8 Å². The zero-order valence-corrected chi connectivity index (χ0v) is 16.6. The molecule has 0 bridgehead atoms. The molecule has 0 aliphatic carbocycles. The molecule has 2 aliphatic heterocycles. The fourth-order valence-electron chi connectivity index (χ4n) is 4.34. The number of anilines is 1. The number of rotatable bonds is 2. The maximum atomic E-state index is 12.9. The van der Waals surface area contributed by atoms with Gasteiger partial charge in [0.05, 0.1) is 23.7 Å². The fourth-order valence-corrected chi connectivity index (χ4v) is 4.34. The molecular weight excluding hydrogens is 360 g/mol. The summed E-state index contributed by atoms with van der Waals surface area (Å²) in [4.78, 5) is 26.0. The molecule has 28 heavy (non-hydrogen) atoms. The van der Waals surface area contributed by atoms with Crippen LogP contribution in [0.25, 0.3) is 0 Å². The van der Waals surface area contributed by atoms with Gasteiger partial charge in [-0.1, -0.05) is 5.16 Å². The topological polar surface area (TPSA) is 108 Å². The standard InChI is InChI=1S/C19H26N6O3/c1-12-13(2)21-16(9-20-12)24-8-5-15(26)19(10-24)6-4-7-25(11-19)18(27)17-14(3)22-28-23-17/h9,15,26H,4-8,10-11H2,1-3H3/t15-,19-/m1/s1. The van der Waals surface area contributed by atoms with Crippen molar-refractivity contribution in [2.24, 2.45) is 5.41 Å². The van der Waals surface area contributed by atoms with Crippen LogP contribution in [0.3, 0.4) is 0 Å². The largest absolute Gasteiger partial charge is 0.392 e. The van der Waals surface area contributed by atoms with Gasteiger partial charge in [0.15, 0.2) is 5.69 Å². The molecule has 1 amide bonds. The van der Waals surface area contributed by atoms with Crippen LogP contribution in [0.15, 0.2) is 10.8 Å². The van der Waals surface area contributed by atoms with Gasteiger partial charge in [0.2, 0.25) is 0 Å². The molecule has 0 radical (unpaired) electrons. The van der Waals surface area contributed by atoms with Crippen LogP contribution in [0.2, 0.25) is 0 Å². The lowest BCUT2D eigenvalue weighted by atomic mass is 9.71. The lowest BCUT2D eigenvalue weighted by Crippen LogP contribution is -2.60. The van der Waals surface area contributed by atoms with Gasteiger partial charge in [-0.15, -0.1) is 0 Å². The van der Waals surface area contributed by atoms with Gasteiger partial charge in [-0.3, -0.25) is 9.78 Å². The first kappa shape index (κ1) is 18.8. The van der Waals surface area contributed by atoms with E-state index in [0.29, 0.717) is 31.7 Å². The Morgan fingerprint density at radius 3 is 2.71 bits per heavy atom. The van der Waals surface area contributed by atoms with E-state index in [4.69, 9.17) is 4.63 Å². The highest BCUT2D eigenvalue weighted by Crippen LogP contribution is 2.40. The van der Waals surface area contributed by atoms with E-state index in [1.54, 1.807) is 18.0 Å². The van der Waals surface area contributed by atoms with Crippen molar-refractivity contribution in [2.75, 3.05) is 31.1 Å². The number of amides is 1. The van der Waals surface area contributed by atoms with Crippen molar-refractivity contribution in [1.29, 1.82) is 0 Å². The Hall–Kier alpha value is -2.55. The second-order valence-electron chi connectivity index (χ2n) is 8.02. The Balaban J connectivity index is 1.57. The summed E-state index contributed by atoms with van der Waals surface area (Å²) in [6.45, 7) is 8.09. The zero-order chi connectivity index (χ0) is 19.9. The minimum absolute atomic E-state index is 0.187. The molecule has 4 rings (SSSR count). The average Bonchev–Trinajstić information content (AvgIpc) is 3.12. The number of piperidine rings is 2. The molecule has 2 fully saturated rings. The zero-order valence-electron chi connectivity index (χ0n) is 16.6. The number of nitrogens with zero attached hydrogens (tertiary/aromatic N) is 6. The summed E-state index contributed by atoms with van der Waals surface area (Å²) in [7, 11) is 0. The lowest BCUT2D eigenvalue weighted by molar-refractivity contribution is -0.0364. The third-order valence-electron chi connectivity index (χ3n) is 6.14. The second kappa shape index (κ2) is 7.12. The van der Waals surface area contributed by atoms with Crippen LogP contribution < -0.4 is 4.90 Å². The van der Waals surface area contributed by atoms with Gasteiger partial charge < -0.3 is 14.9 Å². The SMILES string of the molecule is Cc1ncc(N2CC[C@@H](O)[C@]3(CCCN(C(=O)c4nonc4C)C3)C2)nc1C. The average molecular weight is 386 g/mol. The summed E-state index contributed by atoms with van der Waals surface area (Å²) >= 11 is 0. The molecule has 150 valence electrons. The number of hydrogen-bond acceptors (Lipinski definition) is 8. The fraction of sp³-hybridized carbons (Fsp3) is 0.632. The van der Waals surface area contributed by atoms with E-state index < -0.39 is 11.5 Å². The van der Waals surface area contributed by atoms with Crippen LogP contribution in [0, 0.1) is 26.2 Å². The molecule has 0 aromatic carbocycles. The Morgan fingerprint density at radius 1 is 1.18 bits per heavy atom. The van der Waals surface area contributed by atoms with Gasteiger partial charge in [0, 0.05) is 31.6 Å². The predicted molar refractivity (Wildman–Crippen MR) is 101 cm³/mol. The molecule has 2 aliphatic rings. The molecule has 2 atom stereocenters. The normalized spacial score (nSPS) is 25.4. The van der Waals surface area contributed by atoms with Crippen molar-refractivity contribution in [1.82, 2.24) is 25.2 Å². The summed E-state index contributed by atoms with van der Waals surface area (Å²) in [5.41, 5.74) is 2.17. The number of aromatic nitrogens is 4. The van der Waals surface area contributed by atoms with Crippen molar-refractivity contribution in [3.63, 3.8) is 0 Å². The van der Waals surface area contributed by atoms with Gasteiger partial charge in [-0.2, -0.15) is 0 Å². The number of carbonyl (C=O) groups excluding carboxylic acids is 1. The van der Waals surface area contributed by atoms with Crippen molar-refractivity contribution in [3.05, 3.63) is 29.0 Å². The van der Waals surface area contributed by atoms with Crippen LogP contribution in [-0.2, 0) is 0 Å². The predicted octanol–water partition coefficient (Wildman–Crippen LogP) is 1.28. The lowest BCUT2D eigenvalue weighted by Gasteiger charge is -2.51. The van der Waals surface area contributed by atoms with E-state index in [0.717, 1.165) is 36.6 Å². The second-order valence-corrected chi connectivity index (χ2v) is 8.02. The van der Waals surface area contributed by atoms with E-state index in [1.165, 1.54) is 0 Å². The first-order valence-electron chi connectivity index (χ1n) is 9.71. The minimum Gasteiger partial charge on any atom is -0.392 e. The first-order chi connectivity index (χ1) is 13.4. The molecule has 2 saturated heterocycles. The molecule has 2 aromatic heterocycles. The summed E-state index contributed by atoms with van der Waals surface area (Å²) in [6, 6.07) is 0.